The highest BCUT2D eigenvalue weighted by molar-refractivity contribution is 7.89. The Bertz CT molecular complexity index is 626. The number of sulfonamides is 1. The molecule has 0 bridgehead atoms. The predicted molar refractivity (Wildman–Crippen MR) is 80.2 cm³/mol. The van der Waals surface area contributed by atoms with Gasteiger partial charge in [-0.3, -0.25) is 15.5 Å². The lowest BCUT2D eigenvalue weighted by atomic mass is 9.84. The van der Waals surface area contributed by atoms with Gasteiger partial charge in [0.1, 0.15) is 10.9 Å². The zero-order valence-corrected chi connectivity index (χ0v) is 12.8. The van der Waals surface area contributed by atoms with Crippen LogP contribution in [0.3, 0.4) is 0 Å². The van der Waals surface area contributed by atoms with Crippen molar-refractivity contribution in [2.24, 2.45) is 5.92 Å². The Labute approximate surface area is 129 Å². The van der Waals surface area contributed by atoms with E-state index in [0.717, 1.165) is 19.3 Å². The highest BCUT2D eigenvalue weighted by Gasteiger charge is 2.34. The minimum atomic E-state index is -4.05. The summed E-state index contributed by atoms with van der Waals surface area (Å²) in [5.41, 5.74) is 1.82. The molecule has 7 nitrogen and oxygen atoms in total. The Hall–Kier alpha value is -1.64. The van der Waals surface area contributed by atoms with Gasteiger partial charge in [0.2, 0.25) is 10.0 Å². The zero-order chi connectivity index (χ0) is 16.2. The number of hydrogen-bond donors (Lipinski definition) is 4. The van der Waals surface area contributed by atoms with Crippen molar-refractivity contribution in [1.82, 2.24) is 4.72 Å². The molecule has 122 valence electrons. The van der Waals surface area contributed by atoms with Crippen LogP contribution in [0.5, 0.6) is 0 Å². The molecule has 1 aromatic carbocycles. The van der Waals surface area contributed by atoms with Gasteiger partial charge < -0.3 is 5.11 Å². The Balaban J connectivity index is 2.26. The van der Waals surface area contributed by atoms with E-state index >= 15 is 0 Å². The first kappa shape index (κ1) is 16.7. The van der Waals surface area contributed by atoms with E-state index in [1.54, 1.807) is 6.07 Å². The Morgan fingerprint density at radius 1 is 1.18 bits per heavy atom. The normalized spacial score (nSPS) is 17.9. The Morgan fingerprint density at radius 3 is 2.41 bits per heavy atom. The highest BCUT2D eigenvalue weighted by atomic mass is 32.2. The number of carbonyl (C=O) groups is 1. The lowest BCUT2D eigenvalue weighted by Crippen LogP contribution is -2.46. The van der Waals surface area contributed by atoms with Crippen molar-refractivity contribution in [3.63, 3.8) is 0 Å². The van der Waals surface area contributed by atoms with Gasteiger partial charge in [0.05, 0.1) is 5.69 Å². The smallest absolute Gasteiger partial charge is 0.322 e. The van der Waals surface area contributed by atoms with Crippen LogP contribution in [0.15, 0.2) is 29.2 Å². The topological polar surface area (TPSA) is 116 Å². The molecule has 1 aromatic rings. The van der Waals surface area contributed by atoms with Gasteiger partial charge in [0.15, 0.2) is 0 Å². The molecule has 1 aliphatic rings. The largest absolute Gasteiger partial charge is 0.480 e. The molecule has 0 radical (unpaired) electrons. The fraction of sp³-hybridized carbons (Fsp3) is 0.500. The lowest BCUT2D eigenvalue weighted by Gasteiger charge is -2.28. The summed E-state index contributed by atoms with van der Waals surface area (Å²) in [4.78, 5) is 11.3. The van der Waals surface area contributed by atoms with E-state index in [-0.39, 0.29) is 16.5 Å². The van der Waals surface area contributed by atoms with Gasteiger partial charge in [0, 0.05) is 0 Å². The molecule has 1 atom stereocenters. The number of carboxylic acid groups (broad SMARTS) is 1. The highest BCUT2D eigenvalue weighted by Crippen LogP contribution is 2.28. The number of aliphatic carboxylic acids is 1. The first-order chi connectivity index (χ1) is 10.5. The molecule has 0 aliphatic heterocycles. The second kappa shape index (κ2) is 7.08. The molecule has 22 heavy (non-hydrogen) atoms. The fourth-order valence-electron chi connectivity index (χ4n) is 2.84. The molecular formula is C14H20N2O5S. The Morgan fingerprint density at radius 2 is 1.82 bits per heavy atom. The van der Waals surface area contributed by atoms with E-state index in [1.807, 2.05) is 5.48 Å². The van der Waals surface area contributed by atoms with Crippen LogP contribution in [0.25, 0.3) is 0 Å². The SMILES string of the molecule is O=C(O)[C@@H](NS(=O)(=O)c1ccccc1NO)C1CCCCC1. The molecule has 4 N–H and O–H groups in total. The van der Waals surface area contributed by atoms with E-state index in [1.165, 1.54) is 18.2 Å². The summed E-state index contributed by atoms with van der Waals surface area (Å²) in [6, 6.07) is 4.61. The van der Waals surface area contributed by atoms with Crippen LogP contribution in [-0.4, -0.2) is 30.7 Å². The molecule has 0 heterocycles. The molecule has 0 saturated heterocycles. The minimum absolute atomic E-state index is 0.00258. The van der Waals surface area contributed by atoms with Gasteiger partial charge in [-0.05, 0) is 30.9 Å². The van der Waals surface area contributed by atoms with Crippen molar-refractivity contribution in [2.45, 2.75) is 43.0 Å². The van der Waals surface area contributed by atoms with Crippen LogP contribution in [0.4, 0.5) is 5.69 Å². The molecule has 0 aromatic heterocycles. The van der Waals surface area contributed by atoms with Gasteiger partial charge in [-0.15, -0.1) is 0 Å². The van der Waals surface area contributed by atoms with E-state index in [2.05, 4.69) is 4.72 Å². The van der Waals surface area contributed by atoms with Crippen LogP contribution in [0.1, 0.15) is 32.1 Å². The summed E-state index contributed by atoms with van der Waals surface area (Å²) < 4.78 is 27.2. The van der Waals surface area contributed by atoms with Crippen molar-refractivity contribution in [1.29, 1.82) is 0 Å². The molecule has 2 rings (SSSR count). The first-order valence-corrected chi connectivity index (χ1v) is 8.68. The van der Waals surface area contributed by atoms with E-state index < -0.39 is 22.0 Å². The quantitative estimate of drug-likeness (QED) is 0.592. The van der Waals surface area contributed by atoms with Crippen molar-refractivity contribution < 1.29 is 23.5 Å². The fourth-order valence-corrected chi connectivity index (χ4v) is 4.26. The molecule has 1 saturated carbocycles. The standard InChI is InChI=1S/C14H20N2O5S/c17-14(18)13(10-6-2-1-3-7-10)16-22(20,21)12-9-5-4-8-11(12)15-19/h4-5,8-10,13,15-16,19H,1-3,6-7H2,(H,17,18)/t13-/m0/s1. The second-order valence-corrected chi connectivity index (χ2v) is 7.13. The molecule has 0 amide bonds. The molecular weight excluding hydrogens is 308 g/mol. The van der Waals surface area contributed by atoms with E-state index in [0.29, 0.717) is 12.8 Å². The van der Waals surface area contributed by atoms with Crippen LogP contribution >= 0.6 is 0 Å². The number of anilines is 1. The third-order valence-corrected chi connectivity index (χ3v) is 5.47. The summed E-state index contributed by atoms with van der Waals surface area (Å²) in [6.45, 7) is 0. The summed E-state index contributed by atoms with van der Waals surface area (Å²) in [5.74, 6) is -1.39. The second-order valence-electron chi connectivity index (χ2n) is 5.44. The monoisotopic (exact) mass is 328 g/mol. The van der Waals surface area contributed by atoms with E-state index in [9.17, 15) is 18.3 Å². The first-order valence-electron chi connectivity index (χ1n) is 7.20. The van der Waals surface area contributed by atoms with Crippen LogP contribution < -0.4 is 10.2 Å². The van der Waals surface area contributed by atoms with Crippen LogP contribution in [0, 0.1) is 5.92 Å². The molecule has 1 aliphatic carbocycles. The maximum atomic E-state index is 12.4. The van der Waals surface area contributed by atoms with Gasteiger partial charge in [0.25, 0.3) is 0 Å². The summed E-state index contributed by atoms with van der Waals surface area (Å²) in [5, 5.41) is 18.4. The lowest BCUT2D eigenvalue weighted by molar-refractivity contribution is -0.140. The number of carboxylic acids is 1. The third kappa shape index (κ3) is 3.76. The number of para-hydroxylation sites is 1. The average Bonchev–Trinajstić information content (AvgIpc) is 2.53. The molecule has 1 fully saturated rings. The number of rotatable bonds is 6. The van der Waals surface area contributed by atoms with Gasteiger partial charge >= 0.3 is 5.97 Å². The van der Waals surface area contributed by atoms with Crippen LogP contribution in [-0.2, 0) is 14.8 Å². The van der Waals surface area contributed by atoms with Crippen molar-refractivity contribution >= 4 is 21.7 Å². The van der Waals surface area contributed by atoms with Crippen molar-refractivity contribution in [3.05, 3.63) is 24.3 Å². The predicted octanol–water partition coefficient (Wildman–Crippen LogP) is 1.80. The van der Waals surface area contributed by atoms with Crippen molar-refractivity contribution in [2.75, 3.05) is 5.48 Å². The maximum Gasteiger partial charge on any atom is 0.322 e. The van der Waals surface area contributed by atoms with Crippen molar-refractivity contribution in [3.8, 4) is 0 Å². The van der Waals surface area contributed by atoms with Gasteiger partial charge in [-0.25, -0.2) is 8.42 Å². The zero-order valence-electron chi connectivity index (χ0n) is 12.0. The molecule has 0 unspecified atom stereocenters. The summed E-state index contributed by atoms with van der Waals surface area (Å²) >= 11 is 0. The number of benzene rings is 1. The third-order valence-electron chi connectivity index (χ3n) is 3.97. The minimum Gasteiger partial charge on any atom is -0.480 e. The molecule has 0 spiro atoms. The summed E-state index contributed by atoms with van der Waals surface area (Å²) in [7, 11) is -4.05. The maximum absolute atomic E-state index is 12.4. The number of hydrogen-bond acceptors (Lipinski definition) is 5. The van der Waals surface area contributed by atoms with Gasteiger partial charge in [-0.1, -0.05) is 31.4 Å². The summed E-state index contributed by atoms with van der Waals surface area (Å²) in [6.07, 6.45) is 4.25. The van der Waals surface area contributed by atoms with Gasteiger partial charge in [-0.2, -0.15) is 4.72 Å². The Kier molecular flexibility index (Phi) is 5.38. The number of nitrogens with one attached hydrogen (secondary N) is 2. The molecule has 8 heteroatoms. The van der Waals surface area contributed by atoms with E-state index in [4.69, 9.17) is 5.21 Å². The van der Waals surface area contributed by atoms with Crippen LogP contribution in [0.2, 0.25) is 0 Å². The average molecular weight is 328 g/mol.